The van der Waals surface area contributed by atoms with Crippen LogP contribution in [-0.4, -0.2) is 17.6 Å². The first kappa shape index (κ1) is 15.7. The van der Waals surface area contributed by atoms with E-state index >= 15 is 0 Å². The van der Waals surface area contributed by atoms with Crippen LogP contribution in [0.5, 0.6) is 0 Å². The third-order valence-corrected chi connectivity index (χ3v) is 4.28. The maximum atomic E-state index is 12.2. The van der Waals surface area contributed by atoms with Gasteiger partial charge in [0, 0.05) is 12.4 Å². The number of aryl methyl sites for hydroxylation is 1. The van der Waals surface area contributed by atoms with Crippen LogP contribution in [0, 0.1) is 17.3 Å². The Bertz CT molecular complexity index is 515. The van der Waals surface area contributed by atoms with Crippen molar-refractivity contribution in [2.24, 2.45) is 17.3 Å². The number of hydrogen-bond acceptors (Lipinski definition) is 3. The normalized spacial score (nSPS) is 22.5. The molecule has 1 fully saturated rings. The van der Waals surface area contributed by atoms with E-state index in [4.69, 9.17) is 4.74 Å². The summed E-state index contributed by atoms with van der Waals surface area (Å²) < 4.78 is 5.45. The Balaban J connectivity index is 1.74. The minimum Gasteiger partial charge on any atom is -0.465 e. The van der Waals surface area contributed by atoms with Crippen LogP contribution >= 0.6 is 0 Å². The molecule has 1 aromatic rings. The van der Waals surface area contributed by atoms with Gasteiger partial charge in [-0.25, -0.2) is 0 Å². The first-order valence-electron chi connectivity index (χ1n) is 7.63. The third kappa shape index (κ3) is 3.93. The molecular weight excluding hydrogens is 262 g/mol. The number of aromatic nitrogens is 1. The highest BCUT2D eigenvalue weighted by Crippen LogP contribution is 2.59. The van der Waals surface area contributed by atoms with E-state index < -0.39 is 0 Å². The van der Waals surface area contributed by atoms with Crippen LogP contribution in [0.15, 0.2) is 36.2 Å². The number of nitrogens with zero attached hydrogens (tertiary/aromatic N) is 1. The minimum atomic E-state index is -0.0442. The summed E-state index contributed by atoms with van der Waals surface area (Å²) in [5.41, 5.74) is 2.54. The molecular formula is C18H25NO2. The summed E-state index contributed by atoms with van der Waals surface area (Å²) in [6.45, 7) is 8.92. The predicted molar refractivity (Wildman–Crippen MR) is 83.7 cm³/mol. The fraction of sp³-hybridized carbons (Fsp3) is 0.556. The molecule has 0 aliphatic heterocycles. The monoisotopic (exact) mass is 287 g/mol. The van der Waals surface area contributed by atoms with Crippen molar-refractivity contribution in [2.75, 3.05) is 6.61 Å². The molecule has 0 amide bonds. The highest BCUT2D eigenvalue weighted by Gasteiger charge is 2.61. The fourth-order valence-electron chi connectivity index (χ4n) is 2.89. The largest absolute Gasteiger partial charge is 0.465 e. The van der Waals surface area contributed by atoms with Crippen LogP contribution in [0.4, 0.5) is 0 Å². The van der Waals surface area contributed by atoms with Gasteiger partial charge in [0.2, 0.25) is 0 Å². The zero-order valence-corrected chi connectivity index (χ0v) is 13.4. The van der Waals surface area contributed by atoms with Crippen LogP contribution in [0.25, 0.3) is 0 Å². The van der Waals surface area contributed by atoms with E-state index in [1.165, 1.54) is 11.1 Å². The summed E-state index contributed by atoms with van der Waals surface area (Å²) in [5.74, 6) is 0.306. The highest BCUT2D eigenvalue weighted by molar-refractivity contribution is 5.78. The molecule has 2 unspecified atom stereocenters. The van der Waals surface area contributed by atoms with Gasteiger partial charge in [0.15, 0.2) is 0 Å². The summed E-state index contributed by atoms with van der Waals surface area (Å²) >= 11 is 0. The van der Waals surface area contributed by atoms with Gasteiger partial charge in [-0.1, -0.05) is 25.5 Å². The lowest BCUT2D eigenvalue weighted by Gasteiger charge is -2.05. The number of hydrogen-bond donors (Lipinski definition) is 0. The van der Waals surface area contributed by atoms with Crippen molar-refractivity contribution in [3.05, 3.63) is 41.7 Å². The van der Waals surface area contributed by atoms with Crippen molar-refractivity contribution in [2.45, 2.75) is 40.5 Å². The molecule has 3 nitrogen and oxygen atoms in total. The molecule has 0 spiro atoms. The molecule has 2 atom stereocenters. The Labute approximate surface area is 127 Å². The lowest BCUT2D eigenvalue weighted by molar-refractivity contribution is -0.146. The maximum absolute atomic E-state index is 12.2. The molecule has 1 saturated carbocycles. The number of rotatable bonds is 6. The van der Waals surface area contributed by atoms with Crippen molar-refractivity contribution in [1.82, 2.24) is 4.98 Å². The standard InChI is InChI=1S/C18H25NO2/c1-13(2)12-15-16(18(15,3)4)17(20)21-11-5-6-14-7-9-19-10-8-14/h7-10,12,15-16H,5-6,11H2,1-4H3. The van der Waals surface area contributed by atoms with Crippen LogP contribution < -0.4 is 0 Å². The van der Waals surface area contributed by atoms with Crippen LogP contribution in [0.1, 0.15) is 39.7 Å². The molecule has 1 aliphatic carbocycles. The number of allylic oxidation sites excluding steroid dienone is 2. The van der Waals surface area contributed by atoms with Gasteiger partial charge in [0.05, 0.1) is 12.5 Å². The Morgan fingerprint density at radius 2 is 2.00 bits per heavy atom. The van der Waals surface area contributed by atoms with Gasteiger partial charge >= 0.3 is 5.97 Å². The maximum Gasteiger partial charge on any atom is 0.310 e. The molecule has 0 saturated heterocycles. The molecule has 0 bridgehead atoms. The van der Waals surface area contributed by atoms with E-state index in [0.29, 0.717) is 12.5 Å². The lowest BCUT2D eigenvalue weighted by atomic mass is 10.1. The number of carbonyl (C=O) groups excluding carboxylic acids is 1. The molecule has 114 valence electrons. The van der Waals surface area contributed by atoms with Crippen molar-refractivity contribution in [3.8, 4) is 0 Å². The number of ether oxygens (including phenoxy) is 1. The second-order valence-electron chi connectivity index (χ2n) is 6.70. The van der Waals surface area contributed by atoms with Crippen LogP contribution in [0.2, 0.25) is 0 Å². The topological polar surface area (TPSA) is 39.2 Å². The molecule has 21 heavy (non-hydrogen) atoms. The van der Waals surface area contributed by atoms with Gasteiger partial charge in [0.25, 0.3) is 0 Å². The highest BCUT2D eigenvalue weighted by atomic mass is 16.5. The van der Waals surface area contributed by atoms with Gasteiger partial charge in [0.1, 0.15) is 0 Å². The Morgan fingerprint density at radius 1 is 1.33 bits per heavy atom. The molecule has 1 aliphatic rings. The summed E-state index contributed by atoms with van der Waals surface area (Å²) in [7, 11) is 0. The van der Waals surface area contributed by atoms with Crippen molar-refractivity contribution in [3.63, 3.8) is 0 Å². The van der Waals surface area contributed by atoms with Gasteiger partial charge in [-0.2, -0.15) is 0 Å². The molecule has 0 aromatic carbocycles. The summed E-state index contributed by atoms with van der Waals surface area (Å²) in [6, 6.07) is 3.99. The average Bonchev–Trinajstić information content (AvgIpc) is 2.96. The van der Waals surface area contributed by atoms with Crippen molar-refractivity contribution >= 4 is 5.97 Å². The van der Waals surface area contributed by atoms with E-state index in [9.17, 15) is 4.79 Å². The number of pyridine rings is 1. The van der Waals surface area contributed by atoms with E-state index in [1.807, 2.05) is 12.1 Å². The first-order chi connectivity index (χ1) is 9.93. The molecule has 0 N–H and O–H groups in total. The van der Waals surface area contributed by atoms with Crippen molar-refractivity contribution in [1.29, 1.82) is 0 Å². The van der Waals surface area contributed by atoms with E-state index in [1.54, 1.807) is 12.4 Å². The molecule has 2 rings (SSSR count). The van der Waals surface area contributed by atoms with Crippen LogP contribution in [-0.2, 0) is 16.0 Å². The van der Waals surface area contributed by atoms with Gasteiger partial charge in [-0.15, -0.1) is 0 Å². The molecule has 1 aromatic heterocycles. The Kier molecular flexibility index (Phi) is 4.81. The summed E-state index contributed by atoms with van der Waals surface area (Å²) in [5, 5.41) is 0. The zero-order valence-electron chi connectivity index (χ0n) is 13.4. The van der Waals surface area contributed by atoms with Crippen LogP contribution in [0.3, 0.4) is 0 Å². The van der Waals surface area contributed by atoms with Gasteiger partial charge in [-0.05, 0) is 55.7 Å². The number of carbonyl (C=O) groups is 1. The van der Waals surface area contributed by atoms with Gasteiger partial charge < -0.3 is 4.74 Å². The summed E-state index contributed by atoms with van der Waals surface area (Å²) in [4.78, 5) is 16.2. The zero-order chi connectivity index (χ0) is 15.5. The quantitative estimate of drug-likeness (QED) is 0.454. The minimum absolute atomic E-state index is 0.0216. The smallest absolute Gasteiger partial charge is 0.310 e. The van der Waals surface area contributed by atoms with E-state index in [0.717, 1.165) is 12.8 Å². The molecule has 3 heteroatoms. The number of esters is 1. The summed E-state index contributed by atoms with van der Waals surface area (Å²) in [6.07, 6.45) is 7.55. The van der Waals surface area contributed by atoms with E-state index in [-0.39, 0.29) is 17.3 Å². The van der Waals surface area contributed by atoms with Gasteiger partial charge in [-0.3, -0.25) is 9.78 Å². The Hall–Kier alpha value is -1.64. The second-order valence-corrected chi connectivity index (χ2v) is 6.70. The fourth-order valence-corrected chi connectivity index (χ4v) is 2.89. The second kappa shape index (κ2) is 6.42. The third-order valence-electron chi connectivity index (χ3n) is 4.28. The van der Waals surface area contributed by atoms with E-state index in [2.05, 4.69) is 38.8 Å². The predicted octanol–water partition coefficient (Wildman–Crippen LogP) is 3.80. The molecule has 1 heterocycles. The Morgan fingerprint density at radius 3 is 2.62 bits per heavy atom. The first-order valence-corrected chi connectivity index (χ1v) is 7.63. The molecule has 0 radical (unpaired) electrons. The SMILES string of the molecule is CC(C)=CC1C(C(=O)OCCCc2ccncc2)C1(C)C. The average molecular weight is 287 g/mol. The van der Waals surface area contributed by atoms with Crippen molar-refractivity contribution < 1.29 is 9.53 Å². The lowest BCUT2D eigenvalue weighted by Crippen LogP contribution is -2.12.